The minimum absolute atomic E-state index is 0.0173. The molecule has 3 heterocycles. The van der Waals surface area contributed by atoms with Crippen LogP contribution in [0.3, 0.4) is 0 Å². The van der Waals surface area contributed by atoms with E-state index in [0.717, 1.165) is 19.3 Å². The van der Waals surface area contributed by atoms with Gasteiger partial charge < -0.3 is 4.74 Å². The molecule has 27 heavy (non-hydrogen) atoms. The largest absolute Gasteiger partial charge is 0.368 e. The number of carbonyl (C=O) groups excluding carboxylic acids is 1. The quantitative estimate of drug-likeness (QED) is 0.443. The van der Waals surface area contributed by atoms with Crippen LogP contribution < -0.4 is 0 Å². The molecule has 4 rings (SSSR count). The molecule has 0 amide bonds. The second-order valence-electron chi connectivity index (χ2n) is 7.20. The van der Waals surface area contributed by atoms with E-state index in [1.807, 2.05) is 6.08 Å². The van der Waals surface area contributed by atoms with Gasteiger partial charge in [0.15, 0.2) is 5.78 Å². The number of hydrogen-bond acceptors (Lipinski definition) is 6. The molecule has 1 spiro atoms. The predicted molar refractivity (Wildman–Crippen MR) is 95.6 cm³/mol. The number of rotatable bonds is 3. The maximum Gasteiger partial charge on any atom is 0.269 e. The van der Waals surface area contributed by atoms with Crippen LogP contribution in [0, 0.1) is 10.1 Å². The molecule has 1 aromatic carbocycles. The van der Waals surface area contributed by atoms with Crippen molar-refractivity contribution < 1.29 is 22.9 Å². The molecular formula is C18H20N2O6S. The lowest BCUT2D eigenvalue weighted by Crippen LogP contribution is -2.65. The van der Waals surface area contributed by atoms with Crippen molar-refractivity contribution in [2.24, 2.45) is 0 Å². The fraction of sp³-hybridized carbons (Fsp3) is 0.500. The summed E-state index contributed by atoms with van der Waals surface area (Å²) in [7, 11) is -3.96. The maximum absolute atomic E-state index is 13.4. The molecule has 1 aromatic rings. The minimum atomic E-state index is -3.96. The number of ether oxygens (including phenoxy) is 1. The topological polar surface area (TPSA) is 107 Å². The van der Waals surface area contributed by atoms with E-state index >= 15 is 0 Å². The first kappa shape index (κ1) is 18.3. The van der Waals surface area contributed by atoms with Gasteiger partial charge in [-0.05, 0) is 25.0 Å². The smallest absolute Gasteiger partial charge is 0.269 e. The van der Waals surface area contributed by atoms with Crippen molar-refractivity contribution in [3.05, 3.63) is 46.5 Å². The molecule has 3 aliphatic heterocycles. The number of sulfonamides is 1. The highest BCUT2D eigenvalue weighted by atomic mass is 32.2. The van der Waals surface area contributed by atoms with Crippen LogP contribution in [0.15, 0.2) is 41.3 Å². The number of piperidine rings is 1. The summed E-state index contributed by atoms with van der Waals surface area (Å²) in [5, 5.41) is 10.9. The summed E-state index contributed by atoms with van der Waals surface area (Å²) in [6.45, 7) is 0.433. The molecule has 144 valence electrons. The first-order valence-corrected chi connectivity index (χ1v) is 10.4. The molecule has 0 aromatic heterocycles. The number of Topliss-reactive ketones (excluding diaryl/α,β-unsaturated/α-hetero) is 1. The van der Waals surface area contributed by atoms with Crippen LogP contribution in [0.4, 0.5) is 5.69 Å². The van der Waals surface area contributed by atoms with Crippen LogP contribution in [0.5, 0.6) is 0 Å². The van der Waals surface area contributed by atoms with Gasteiger partial charge in [-0.1, -0.05) is 25.0 Å². The summed E-state index contributed by atoms with van der Waals surface area (Å²) in [6.07, 6.45) is 5.96. The van der Waals surface area contributed by atoms with E-state index < -0.39 is 32.6 Å². The van der Waals surface area contributed by atoms with E-state index in [9.17, 15) is 23.3 Å². The molecule has 0 N–H and O–H groups in total. The second kappa shape index (κ2) is 6.50. The average Bonchev–Trinajstić information content (AvgIpc) is 2.92. The normalized spacial score (nSPS) is 31.2. The van der Waals surface area contributed by atoms with Crippen molar-refractivity contribution >= 4 is 21.5 Å². The third-order valence-electron chi connectivity index (χ3n) is 5.59. The summed E-state index contributed by atoms with van der Waals surface area (Å²) in [5.41, 5.74) is -1.18. The van der Waals surface area contributed by atoms with Crippen molar-refractivity contribution in [2.45, 2.75) is 54.7 Å². The molecule has 0 aliphatic carbocycles. The summed E-state index contributed by atoms with van der Waals surface area (Å²) in [4.78, 5) is 22.9. The van der Waals surface area contributed by atoms with E-state index in [1.54, 1.807) is 6.08 Å². The zero-order chi connectivity index (χ0) is 19.2. The average molecular weight is 392 g/mol. The van der Waals surface area contributed by atoms with Gasteiger partial charge in [-0.2, -0.15) is 4.31 Å². The standard InChI is InChI=1S/C18H20N2O6S/c21-16-12-14-8-10-18(9-2-1-3-11-26-17(16)18)19(14)27(24,25)15-6-4-13(5-7-15)20(22)23/h4-8,10,14,17H,1-3,9,11-12H2/t14-,17+,18+/m1/s1. The maximum atomic E-state index is 13.4. The molecule has 0 saturated carbocycles. The van der Waals surface area contributed by atoms with Crippen LogP contribution in [-0.4, -0.2) is 47.7 Å². The van der Waals surface area contributed by atoms with Crippen molar-refractivity contribution in [1.29, 1.82) is 0 Å². The fourth-order valence-corrected chi connectivity index (χ4v) is 6.29. The van der Waals surface area contributed by atoms with Gasteiger partial charge in [0, 0.05) is 25.2 Å². The molecule has 3 atom stereocenters. The number of nitro benzene ring substituents is 1. The zero-order valence-electron chi connectivity index (χ0n) is 14.6. The highest BCUT2D eigenvalue weighted by Crippen LogP contribution is 2.46. The highest BCUT2D eigenvalue weighted by molar-refractivity contribution is 7.89. The van der Waals surface area contributed by atoms with E-state index in [4.69, 9.17) is 4.74 Å². The summed E-state index contributed by atoms with van der Waals surface area (Å²) >= 11 is 0. The van der Waals surface area contributed by atoms with Crippen LogP contribution >= 0.6 is 0 Å². The lowest BCUT2D eigenvalue weighted by molar-refractivity contribution is -0.384. The Bertz CT molecular complexity index is 910. The van der Waals surface area contributed by atoms with E-state index in [-0.39, 0.29) is 22.8 Å². The van der Waals surface area contributed by atoms with Gasteiger partial charge in [-0.15, -0.1) is 0 Å². The van der Waals surface area contributed by atoms with Gasteiger partial charge in [0.1, 0.15) is 6.10 Å². The van der Waals surface area contributed by atoms with Gasteiger partial charge in [-0.3, -0.25) is 14.9 Å². The zero-order valence-corrected chi connectivity index (χ0v) is 15.4. The second-order valence-corrected chi connectivity index (χ2v) is 9.02. The highest BCUT2D eigenvalue weighted by Gasteiger charge is 2.60. The van der Waals surface area contributed by atoms with Crippen molar-refractivity contribution in [3.63, 3.8) is 0 Å². The van der Waals surface area contributed by atoms with Crippen molar-refractivity contribution in [2.75, 3.05) is 6.61 Å². The van der Waals surface area contributed by atoms with Gasteiger partial charge in [0.05, 0.1) is 21.4 Å². The molecular weight excluding hydrogens is 372 g/mol. The van der Waals surface area contributed by atoms with Crippen LogP contribution in [0.2, 0.25) is 0 Å². The molecule has 0 radical (unpaired) electrons. The molecule has 9 heteroatoms. The molecule has 8 nitrogen and oxygen atoms in total. The number of nitro groups is 1. The predicted octanol–water partition coefficient (Wildman–Crippen LogP) is 2.19. The monoisotopic (exact) mass is 392 g/mol. The third-order valence-corrected chi connectivity index (χ3v) is 7.58. The molecule has 0 unspecified atom stereocenters. The van der Waals surface area contributed by atoms with Gasteiger partial charge in [0.2, 0.25) is 10.0 Å². The van der Waals surface area contributed by atoms with E-state index in [2.05, 4.69) is 0 Å². The Morgan fingerprint density at radius 1 is 1.19 bits per heavy atom. The minimum Gasteiger partial charge on any atom is -0.368 e. The molecule has 3 aliphatic rings. The number of ketones is 1. The lowest BCUT2D eigenvalue weighted by atomic mass is 9.81. The number of hydrogen-bond donors (Lipinski definition) is 0. The number of carbonyl (C=O) groups is 1. The first-order valence-electron chi connectivity index (χ1n) is 8.99. The van der Waals surface area contributed by atoms with Crippen LogP contribution in [-0.2, 0) is 19.6 Å². The number of nitrogens with zero attached hydrogens (tertiary/aromatic N) is 2. The Morgan fingerprint density at radius 3 is 2.63 bits per heavy atom. The van der Waals surface area contributed by atoms with E-state index in [0.29, 0.717) is 13.0 Å². The third kappa shape index (κ3) is 2.81. The number of benzene rings is 1. The lowest BCUT2D eigenvalue weighted by Gasteiger charge is -2.48. The van der Waals surface area contributed by atoms with Crippen molar-refractivity contribution in [3.8, 4) is 0 Å². The van der Waals surface area contributed by atoms with Crippen LogP contribution in [0.25, 0.3) is 0 Å². The summed E-state index contributed by atoms with van der Waals surface area (Å²) in [5.74, 6) is -0.0675. The van der Waals surface area contributed by atoms with Crippen LogP contribution in [0.1, 0.15) is 32.1 Å². The SMILES string of the molecule is O=C1C[C@H]2C=C[C@]3(CCCCCO[C@@H]13)N2S(=O)(=O)c1ccc([N+](=O)[O-])cc1. The molecule has 2 saturated heterocycles. The first-order chi connectivity index (χ1) is 12.9. The Labute approximate surface area is 157 Å². The molecule has 2 fully saturated rings. The molecule has 2 bridgehead atoms. The Morgan fingerprint density at radius 2 is 1.93 bits per heavy atom. The fourth-order valence-electron chi connectivity index (χ4n) is 4.39. The Kier molecular flexibility index (Phi) is 4.40. The number of non-ortho nitro benzene ring substituents is 1. The van der Waals surface area contributed by atoms with E-state index in [1.165, 1.54) is 28.6 Å². The van der Waals surface area contributed by atoms with Gasteiger partial charge >= 0.3 is 0 Å². The van der Waals surface area contributed by atoms with Crippen molar-refractivity contribution in [1.82, 2.24) is 4.31 Å². The van der Waals surface area contributed by atoms with Gasteiger partial charge in [-0.25, -0.2) is 8.42 Å². The summed E-state index contributed by atoms with van der Waals surface area (Å²) in [6, 6.07) is 4.32. The Balaban J connectivity index is 1.77. The Hall–Kier alpha value is -2.10. The number of fused-ring (bicyclic) bond motifs is 1. The summed E-state index contributed by atoms with van der Waals surface area (Å²) < 4.78 is 34.1. The van der Waals surface area contributed by atoms with Gasteiger partial charge in [0.25, 0.3) is 5.69 Å².